The summed E-state index contributed by atoms with van der Waals surface area (Å²) < 4.78 is 20.4. The molecule has 2 rings (SSSR count). The van der Waals surface area contributed by atoms with Gasteiger partial charge in [-0.05, 0) is 17.7 Å². The first kappa shape index (κ1) is 19.3. The fraction of sp³-hybridized carbons (Fsp3) is 0.333. The molecule has 2 N–H and O–H groups in total. The van der Waals surface area contributed by atoms with Crippen molar-refractivity contribution in [3.8, 4) is 17.2 Å². The maximum Gasteiger partial charge on any atom is 0.306 e. The molecular weight excluding hydrogens is 344 g/mol. The van der Waals surface area contributed by atoms with Crippen LogP contribution in [0.15, 0.2) is 33.5 Å². The Balaban J connectivity index is 2.62. The Morgan fingerprint density at radius 3 is 2.54 bits per heavy atom. The zero-order valence-electron chi connectivity index (χ0n) is 14.6. The second-order valence-corrected chi connectivity index (χ2v) is 5.49. The van der Waals surface area contributed by atoms with Crippen molar-refractivity contribution in [2.24, 2.45) is 0 Å². The van der Waals surface area contributed by atoms with Crippen molar-refractivity contribution in [1.82, 2.24) is 0 Å². The van der Waals surface area contributed by atoms with Gasteiger partial charge in [0, 0.05) is 13.2 Å². The standard InChI is InChI=1S/C18H20O8/c1-23-9-11-7-14(20)17(22)18(26-11)12(8-16(21)25-3)10-4-5-13(19)15(6-10)24-2/h4-7,12,19,22H,8-9H2,1-3H3/t12-/m1/s1. The van der Waals surface area contributed by atoms with Crippen molar-refractivity contribution >= 4 is 5.97 Å². The summed E-state index contributed by atoms with van der Waals surface area (Å²) in [4.78, 5) is 23.9. The number of phenolic OH excluding ortho intramolecular Hbond substituents is 1. The third-order valence-electron chi connectivity index (χ3n) is 3.81. The van der Waals surface area contributed by atoms with Gasteiger partial charge in [-0.2, -0.15) is 0 Å². The first-order valence-electron chi connectivity index (χ1n) is 7.69. The molecule has 0 aliphatic carbocycles. The zero-order chi connectivity index (χ0) is 19.3. The predicted octanol–water partition coefficient (Wildman–Crippen LogP) is 1.90. The summed E-state index contributed by atoms with van der Waals surface area (Å²) in [6.07, 6.45) is -0.197. The second kappa shape index (κ2) is 8.39. The minimum Gasteiger partial charge on any atom is -0.504 e. The lowest BCUT2D eigenvalue weighted by Crippen LogP contribution is -2.14. The molecule has 0 fully saturated rings. The normalized spacial score (nSPS) is 11.8. The smallest absolute Gasteiger partial charge is 0.306 e. The monoisotopic (exact) mass is 364 g/mol. The van der Waals surface area contributed by atoms with E-state index in [1.165, 1.54) is 39.5 Å². The van der Waals surface area contributed by atoms with Gasteiger partial charge in [0.25, 0.3) is 0 Å². The van der Waals surface area contributed by atoms with Gasteiger partial charge in [-0.25, -0.2) is 0 Å². The average molecular weight is 364 g/mol. The van der Waals surface area contributed by atoms with Crippen molar-refractivity contribution in [2.75, 3.05) is 21.3 Å². The number of benzene rings is 1. The summed E-state index contributed by atoms with van der Waals surface area (Å²) in [7, 11) is 4.04. The third kappa shape index (κ3) is 4.15. The van der Waals surface area contributed by atoms with Crippen molar-refractivity contribution < 1.29 is 33.6 Å². The van der Waals surface area contributed by atoms with Crippen LogP contribution in [-0.4, -0.2) is 37.5 Å². The number of hydrogen-bond donors (Lipinski definition) is 2. The van der Waals surface area contributed by atoms with Crippen molar-refractivity contribution in [2.45, 2.75) is 18.9 Å². The van der Waals surface area contributed by atoms with Gasteiger partial charge in [0.15, 0.2) is 17.3 Å². The van der Waals surface area contributed by atoms with Crippen LogP contribution in [-0.2, 0) is 20.9 Å². The molecule has 1 aromatic heterocycles. The zero-order valence-corrected chi connectivity index (χ0v) is 14.6. The lowest BCUT2D eigenvalue weighted by atomic mass is 9.92. The molecule has 0 unspecified atom stereocenters. The first-order valence-corrected chi connectivity index (χ1v) is 7.69. The van der Waals surface area contributed by atoms with E-state index >= 15 is 0 Å². The van der Waals surface area contributed by atoms with Gasteiger partial charge in [0.2, 0.25) is 11.2 Å². The molecule has 8 heteroatoms. The van der Waals surface area contributed by atoms with E-state index in [2.05, 4.69) is 0 Å². The summed E-state index contributed by atoms with van der Waals surface area (Å²) in [6.45, 7) is 0.0202. The number of rotatable bonds is 7. The third-order valence-corrected chi connectivity index (χ3v) is 3.81. The predicted molar refractivity (Wildman–Crippen MR) is 90.5 cm³/mol. The van der Waals surface area contributed by atoms with E-state index in [9.17, 15) is 19.8 Å². The van der Waals surface area contributed by atoms with E-state index in [0.29, 0.717) is 5.56 Å². The molecule has 1 aromatic carbocycles. The van der Waals surface area contributed by atoms with Gasteiger partial charge in [-0.3, -0.25) is 9.59 Å². The molecule has 140 valence electrons. The van der Waals surface area contributed by atoms with Crippen LogP contribution in [0.5, 0.6) is 17.2 Å². The molecule has 0 bridgehead atoms. The van der Waals surface area contributed by atoms with E-state index in [4.69, 9.17) is 18.6 Å². The van der Waals surface area contributed by atoms with E-state index < -0.39 is 23.1 Å². The van der Waals surface area contributed by atoms with Crippen LogP contribution in [0, 0.1) is 0 Å². The SMILES string of the molecule is COCc1cc(=O)c(O)c([C@H](CC(=O)OC)c2ccc(O)c(OC)c2)o1. The van der Waals surface area contributed by atoms with Crippen LogP contribution in [0.4, 0.5) is 0 Å². The van der Waals surface area contributed by atoms with E-state index in [-0.39, 0.29) is 36.0 Å². The highest BCUT2D eigenvalue weighted by molar-refractivity contribution is 5.71. The van der Waals surface area contributed by atoms with Crippen molar-refractivity contribution in [3.63, 3.8) is 0 Å². The Labute approximate surface area is 149 Å². The Morgan fingerprint density at radius 1 is 1.19 bits per heavy atom. The number of aromatic hydroxyl groups is 2. The number of esters is 1. The van der Waals surface area contributed by atoms with Crippen LogP contribution >= 0.6 is 0 Å². The Morgan fingerprint density at radius 2 is 1.92 bits per heavy atom. The number of phenols is 1. The van der Waals surface area contributed by atoms with E-state index in [1.807, 2.05) is 0 Å². The molecule has 0 aliphatic rings. The number of methoxy groups -OCH3 is 3. The largest absolute Gasteiger partial charge is 0.504 e. The molecule has 8 nitrogen and oxygen atoms in total. The van der Waals surface area contributed by atoms with Gasteiger partial charge in [0.05, 0.1) is 26.6 Å². The Bertz CT molecular complexity index is 840. The minimum atomic E-state index is -0.832. The number of hydrogen-bond acceptors (Lipinski definition) is 8. The highest BCUT2D eigenvalue weighted by atomic mass is 16.5. The van der Waals surface area contributed by atoms with Crippen molar-refractivity contribution in [3.05, 3.63) is 51.6 Å². The van der Waals surface area contributed by atoms with Crippen LogP contribution in [0.25, 0.3) is 0 Å². The molecule has 0 radical (unpaired) electrons. The highest BCUT2D eigenvalue weighted by Crippen LogP contribution is 2.37. The fourth-order valence-electron chi connectivity index (χ4n) is 2.53. The summed E-state index contributed by atoms with van der Waals surface area (Å²) in [6, 6.07) is 5.53. The molecule has 26 heavy (non-hydrogen) atoms. The van der Waals surface area contributed by atoms with Crippen molar-refractivity contribution in [1.29, 1.82) is 0 Å². The number of carbonyl (C=O) groups excluding carboxylic acids is 1. The molecule has 0 saturated carbocycles. The minimum absolute atomic E-state index is 0.0202. The quantitative estimate of drug-likeness (QED) is 0.716. The van der Waals surface area contributed by atoms with Crippen LogP contribution in [0.2, 0.25) is 0 Å². The maximum atomic E-state index is 12.1. The van der Waals surface area contributed by atoms with Gasteiger partial charge in [-0.1, -0.05) is 6.07 Å². The average Bonchev–Trinajstić information content (AvgIpc) is 2.63. The van der Waals surface area contributed by atoms with Crippen LogP contribution in [0.3, 0.4) is 0 Å². The molecule has 0 amide bonds. The summed E-state index contributed by atoms with van der Waals surface area (Å²) in [5, 5.41) is 20.0. The van der Waals surface area contributed by atoms with Crippen LogP contribution in [0.1, 0.15) is 29.4 Å². The van der Waals surface area contributed by atoms with E-state index in [0.717, 1.165) is 6.07 Å². The van der Waals surface area contributed by atoms with Gasteiger partial charge in [-0.15, -0.1) is 0 Å². The maximum absolute atomic E-state index is 12.1. The molecule has 2 aromatic rings. The summed E-state index contributed by atoms with van der Waals surface area (Å²) >= 11 is 0. The molecule has 1 heterocycles. The van der Waals surface area contributed by atoms with Gasteiger partial charge in [0.1, 0.15) is 12.4 Å². The molecular formula is C18H20O8. The molecule has 0 aliphatic heterocycles. The number of carbonyl (C=O) groups is 1. The first-order chi connectivity index (χ1) is 12.4. The van der Waals surface area contributed by atoms with Gasteiger partial charge >= 0.3 is 5.97 Å². The lowest BCUT2D eigenvalue weighted by Gasteiger charge is -2.18. The van der Waals surface area contributed by atoms with E-state index in [1.54, 1.807) is 0 Å². The summed E-state index contributed by atoms with van der Waals surface area (Å²) in [5.74, 6) is -1.82. The molecule has 0 saturated heterocycles. The Kier molecular flexibility index (Phi) is 6.24. The topological polar surface area (TPSA) is 115 Å². The second-order valence-electron chi connectivity index (χ2n) is 5.49. The molecule has 1 atom stereocenters. The highest BCUT2D eigenvalue weighted by Gasteiger charge is 2.27. The van der Waals surface area contributed by atoms with Crippen LogP contribution < -0.4 is 10.2 Å². The fourth-order valence-corrected chi connectivity index (χ4v) is 2.53. The summed E-state index contributed by atoms with van der Waals surface area (Å²) in [5.41, 5.74) is -0.169. The molecule has 0 spiro atoms. The lowest BCUT2D eigenvalue weighted by molar-refractivity contribution is -0.140. The number of ether oxygens (including phenoxy) is 3. The Hall–Kier alpha value is -3.00. The van der Waals surface area contributed by atoms with Gasteiger partial charge < -0.3 is 28.8 Å².